The Hall–Kier alpha value is -2.64. The zero-order valence-electron chi connectivity index (χ0n) is 14.9. The van der Waals surface area contributed by atoms with Crippen LogP contribution in [-0.2, 0) is 13.0 Å². The highest BCUT2D eigenvalue weighted by Gasteiger charge is 2.08. The first-order chi connectivity index (χ1) is 12.2. The molecule has 2 aromatic rings. The molecular weight excluding hydrogens is 323 g/mol. The number of likely N-dealkylation sites (N-methyl/N-ethyl adjacent to an activating group) is 1. The summed E-state index contributed by atoms with van der Waals surface area (Å²) in [4.78, 5) is 6.19. The van der Waals surface area contributed by atoms with Crippen molar-refractivity contribution in [3.05, 3.63) is 42.2 Å². The van der Waals surface area contributed by atoms with Gasteiger partial charge in [-0.1, -0.05) is 19.1 Å². The number of halogens is 1. The van der Waals surface area contributed by atoms with Gasteiger partial charge in [-0.05, 0) is 12.1 Å². The minimum absolute atomic E-state index is 0.263. The summed E-state index contributed by atoms with van der Waals surface area (Å²) in [7, 11) is 3.64. The molecule has 0 aliphatic rings. The molecule has 25 heavy (non-hydrogen) atoms. The molecule has 0 aliphatic carbocycles. The Kier molecular flexibility index (Phi) is 7.18. The highest BCUT2D eigenvalue weighted by molar-refractivity contribution is 5.79. The van der Waals surface area contributed by atoms with Crippen molar-refractivity contribution < 1.29 is 9.13 Å². The van der Waals surface area contributed by atoms with Crippen LogP contribution in [0.25, 0.3) is 0 Å². The Morgan fingerprint density at radius 3 is 2.92 bits per heavy atom. The maximum Gasteiger partial charge on any atom is 0.193 e. The second-order valence-electron chi connectivity index (χ2n) is 5.47. The van der Waals surface area contributed by atoms with E-state index in [1.807, 2.05) is 16.5 Å². The number of aromatic nitrogens is 3. The second-order valence-corrected chi connectivity index (χ2v) is 5.47. The van der Waals surface area contributed by atoms with E-state index in [4.69, 9.17) is 4.74 Å². The van der Waals surface area contributed by atoms with Gasteiger partial charge in [0, 0.05) is 33.6 Å². The van der Waals surface area contributed by atoms with Gasteiger partial charge >= 0.3 is 0 Å². The van der Waals surface area contributed by atoms with E-state index >= 15 is 0 Å². The van der Waals surface area contributed by atoms with E-state index in [9.17, 15) is 4.39 Å². The molecule has 0 unspecified atom stereocenters. The quantitative estimate of drug-likeness (QED) is 0.579. The maximum atomic E-state index is 13.5. The van der Waals surface area contributed by atoms with Crippen LogP contribution in [0.3, 0.4) is 0 Å². The normalized spacial score (nSPS) is 11.4. The number of hydrogen-bond acceptors (Lipinski definition) is 4. The Balaban J connectivity index is 1.75. The average Bonchev–Trinajstić information content (AvgIpc) is 3.07. The first-order valence-electron chi connectivity index (χ1n) is 8.31. The van der Waals surface area contributed by atoms with Crippen molar-refractivity contribution in [2.75, 3.05) is 33.8 Å². The van der Waals surface area contributed by atoms with Crippen molar-refractivity contribution in [3.8, 4) is 5.75 Å². The van der Waals surface area contributed by atoms with Crippen molar-refractivity contribution in [2.24, 2.45) is 4.99 Å². The maximum absolute atomic E-state index is 13.5. The van der Waals surface area contributed by atoms with Crippen LogP contribution in [0.2, 0.25) is 0 Å². The lowest BCUT2D eigenvalue weighted by Gasteiger charge is -2.22. The van der Waals surface area contributed by atoms with Gasteiger partial charge in [-0.2, -0.15) is 0 Å². The van der Waals surface area contributed by atoms with Gasteiger partial charge in [0.15, 0.2) is 17.5 Å². The van der Waals surface area contributed by atoms with E-state index < -0.39 is 0 Å². The molecule has 1 N–H and O–H groups in total. The largest absolute Gasteiger partial charge is 0.489 e. The molecule has 0 spiro atoms. The molecule has 7 nitrogen and oxygen atoms in total. The molecule has 0 radical (unpaired) electrons. The molecular formula is C17H25FN6O. The Morgan fingerprint density at radius 1 is 1.40 bits per heavy atom. The number of para-hydroxylation sites is 1. The van der Waals surface area contributed by atoms with Crippen molar-refractivity contribution in [2.45, 2.75) is 19.9 Å². The molecule has 0 saturated heterocycles. The molecule has 1 aromatic carbocycles. The lowest BCUT2D eigenvalue weighted by atomic mass is 10.3. The number of guanidine groups is 1. The van der Waals surface area contributed by atoms with Crippen LogP contribution in [0.4, 0.5) is 4.39 Å². The van der Waals surface area contributed by atoms with E-state index in [0.29, 0.717) is 19.7 Å². The Bertz CT molecular complexity index is 687. The number of nitrogens with one attached hydrogen (secondary N) is 1. The summed E-state index contributed by atoms with van der Waals surface area (Å²) in [5, 5.41) is 11.3. The second kappa shape index (κ2) is 9.61. The standard InChI is InChI=1S/C17H25FN6O/c1-4-16-22-21-13-24(16)10-9-20-17(19-2)23(3)11-12-25-15-8-6-5-7-14(15)18/h5-8,13H,4,9-12H2,1-3H3,(H,19,20). The number of nitrogens with zero attached hydrogens (tertiary/aromatic N) is 5. The van der Waals surface area contributed by atoms with E-state index in [-0.39, 0.29) is 11.6 Å². The first kappa shape index (κ1) is 18.7. The van der Waals surface area contributed by atoms with Gasteiger partial charge in [-0.25, -0.2) is 4.39 Å². The third kappa shape index (κ3) is 5.44. The third-order valence-electron chi connectivity index (χ3n) is 3.74. The fourth-order valence-corrected chi connectivity index (χ4v) is 2.37. The van der Waals surface area contributed by atoms with Gasteiger partial charge < -0.3 is 19.5 Å². The molecule has 0 saturated carbocycles. The van der Waals surface area contributed by atoms with Gasteiger partial charge in [0.2, 0.25) is 0 Å². The predicted molar refractivity (Wildman–Crippen MR) is 95.3 cm³/mol. The van der Waals surface area contributed by atoms with Gasteiger partial charge in [-0.15, -0.1) is 10.2 Å². The summed E-state index contributed by atoms with van der Waals surface area (Å²) in [6, 6.07) is 6.39. The van der Waals surface area contributed by atoms with E-state index in [0.717, 1.165) is 24.7 Å². The third-order valence-corrected chi connectivity index (χ3v) is 3.74. The first-order valence-corrected chi connectivity index (χ1v) is 8.31. The summed E-state index contributed by atoms with van der Waals surface area (Å²) in [6.07, 6.45) is 2.58. The topological polar surface area (TPSA) is 67.6 Å². The zero-order valence-corrected chi connectivity index (χ0v) is 14.9. The molecule has 0 amide bonds. The summed E-state index contributed by atoms with van der Waals surface area (Å²) < 4.78 is 21.0. The molecule has 1 aromatic heterocycles. The summed E-state index contributed by atoms with van der Waals surface area (Å²) in [5.41, 5.74) is 0. The molecule has 2 rings (SSSR count). The molecule has 136 valence electrons. The van der Waals surface area contributed by atoms with Gasteiger partial charge in [0.25, 0.3) is 0 Å². The summed E-state index contributed by atoms with van der Waals surface area (Å²) >= 11 is 0. The van der Waals surface area contributed by atoms with Gasteiger partial charge in [-0.3, -0.25) is 4.99 Å². The van der Waals surface area contributed by atoms with Crippen molar-refractivity contribution >= 4 is 5.96 Å². The molecule has 0 atom stereocenters. The van der Waals surface area contributed by atoms with Crippen LogP contribution in [0, 0.1) is 5.82 Å². The minimum atomic E-state index is -0.353. The SMILES string of the molecule is CCc1nncn1CCNC(=NC)N(C)CCOc1ccccc1F. The highest BCUT2D eigenvalue weighted by Crippen LogP contribution is 2.14. The van der Waals surface area contributed by atoms with E-state index in [1.54, 1.807) is 31.6 Å². The van der Waals surface area contributed by atoms with Gasteiger partial charge in [0.05, 0.1) is 6.54 Å². The van der Waals surface area contributed by atoms with Crippen molar-refractivity contribution in [1.82, 2.24) is 25.0 Å². The molecule has 0 bridgehead atoms. The monoisotopic (exact) mass is 348 g/mol. The molecule has 8 heteroatoms. The number of ether oxygens (including phenoxy) is 1. The minimum Gasteiger partial charge on any atom is -0.489 e. The Morgan fingerprint density at radius 2 is 2.20 bits per heavy atom. The lowest BCUT2D eigenvalue weighted by molar-refractivity contribution is 0.270. The highest BCUT2D eigenvalue weighted by atomic mass is 19.1. The number of aryl methyl sites for hydroxylation is 1. The number of hydrogen-bond donors (Lipinski definition) is 1. The molecule has 0 fully saturated rings. The average molecular weight is 348 g/mol. The van der Waals surface area contributed by atoms with Crippen molar-refractivity contribution in [1.29, 1.82) is 0 Å². The van der Waals surface area contributed by atoms with Crippen LogP contribution in [0.5, 0.6) is 5.75 Å². The fraction of sp³-hybridized carbons (Fsp3) is 0.471. The smallest absolute Gasteiger partial charge is 0.193 e. The van der Waals surface area contributed by atoms with Crippen LogP contribution in [0.15, 0.2) is 35.6 Å². The fourth-order valence-electron chi connectivity index (χ4n) is 2.37. The summed E-state index contributed by atoms with van der Waals surface area (Å²) in [6.45, 7) is 4.46. The van der Waals surface area contributed by atoms with E-state index in [2.05, 4.69) is 27.4 Å². The predicted octanol–water partition coefficient (Wildman–Crippen LogP) is 1.57. The van der Waals surface area contributed by atoms with Crippen LogP contribution in [0.1, 0.15) is 12.7 Å². The zero-order chi connectivity index (χ0) is 18.1. The van der Waals surface area contributed by atoms with Crippen molar-refractivity contribution in [3.63, 3.8) is 0 Å². The van der Waals surface area contributed by atoms with Gasteiger partial charge in [0.1, 0.15) is 18.8 Å². The molecule has 1 heterocycles. The van der Waals surface area contributed by atoms with Crippen LogP contribution >= 0.6 is 0 Å². The van der Waals surface area contributed by atoms with Crippen LogP contribution in [-0.4, -0.2) is 59.4 Å². The Labute approximate surface area is 147 Å². The lowest BCUT2D eigenvalue weighted by Crippen LogP contribution is -2.42. The van der Waals surface area contributed by atoms with E-state index in [1.165, 1.54) is 6.07 Å². The number of aliphatic imine (C=N–C) groups is 1. The summed E-state index contributed by atoms with van der Waals surface area (Å²) in [5.74, 6) is 1.62. The van der Waals surface area contributed by atoms with Crippen LogP contribution < -0.4 is 10.1 Å². The molecule has 0 aliphatic heterocycles. The number of benzene rings is 1. The number of rotatable bonds is 8.